The first-order chi connectivity index (χ1) is 9.60. The fraction of sp³-hybridized carbons (Fsp3) is 0.0625. The third-order valence-electron chi connectivity index (χ3n) is 2.76. The van der Waals surface area contributed by atoms with Gasteiger partial charge < -0.3 is 0 Å². The minimum atomic E-state index is -0.328. The summed E-state index contributed by atoms with van der Waals surface area (Å²) in [6.45, 7) is 0. The molecule has 0 radical (unpaired) electrons. The average Bonchev–Trinajstić information content (AvgIpc) is 2.47. The monoisotopic (exact) mass is 352 g/mol. The molecule has 0 atom stereocenters. The van der Waals surface area contributed by atoms with E-state index in [-0.39, 0.29) is 16.9 Å². The molecule has 0 unspecified atom stereocenters. The molecular formula is C16H11BrClFO. The molecule has 0 aliphatic carbocycles. The Morgan fingerprint density at radius 2 is 1.70 bits per heavy atom. The number of rotatable bonds is 4. The highest BCUT2D eigenvalue weighted by Gasteiger charge is 2.11. The highest BCUT2D eigenvalue weighted by Crippen LogP contribution is 2.21. The van der Waals surface area contributed by atoms with E-state index >= 15 is 0 Å². The van der Waals surface area contributed by atoms with Gasteiger partial charge in [0.1, 0.15) is 5.82 Å². The van der Waals surface area contributed by atoms with E-state index in [0.717, 1.165) is 5.56 Å². The number of alkyl halides is 1. The van der Waals surface area contributed by atoms with Crippen LogP contribution in [-0.2, 0) is 4.79 Å². The number of Topliss-reactive ketones (excluding diaryl/α,β-unsaturated/α-hetero) is 1. The Kier molecular flexibility index (Phi) is 5.10. The zero-order chi connectivity index (χ0) is 14.5. The lowest BCUT2D eigenvalue weighted by Gasteiger charge is -2.06. The smallest absolute Gasteiger partial charge is 0.173 e. The molecule has 0 heterocycles. The van der Waals surface area contributed by atoms with Crippen molar-refractivity contribution in [2.75, 3.05) is 5.33 Å². The summed E-state index contributed by atoms with van der Waals surface area (Å²) >= 11 is 9.00. The van der Waals surface area contributed by atoms with Crippen molar-refractivity contribution in [3.8, 4) is 0 Å². The highest BCUT2D eigenvalue weighted by atomic mass is 79.9. The van der Waals surface area contributed by atoms with Gasteiger partial charge in [-0.25, -0.2) is 4.39 Å². The molecule has 102 valence electrons. The van der Waals surface area contributed by atoms with Gasteiger partial charge in [-0.1, -0.05) is 51.8 Å². The largest absolute Gasteiger partial charge is 0.293 e. The summed E-state index contributed by atoms with van der Waals surface area (Å²) in [6, 6.07) is 13.0. The van der Waals surface area contributed by atoms with E-state index in [0.29, 0.717) is 16.2 Å². The number of ketones is 1. The molecular weight excluding hydrogens is 343 g/mol. The van der Waals surface area contributed by atoms with Crippen molar-refractivity contribution in [1.82, 2.24) is 0 Å². The summed E-state index contributed by atoms with van der Waals surface area (Å²) in [5.74, 6) is -0.391. The molecule has 0 saturated heterocycles. The predicted molar refractivity (Wildman–Crippen MR) is 84.5 cm³/mol. The van der Waals surface area contributed by atoms with Gasteiger partial charge in [-0.05, 0) is 41.5 Å². The SMILES string of the molecule is O=C(CBr)/C(=C/c1ccc(Cl)cc1)c1ccc(F)cc1. The molecule has 0 saturated carbocycles. The molecule has 2 aromatic carbocycles. The van der Waals surface area contributed by atoms with Gasteiger partial charge in [0, 0.05) is 10.6 Å². The summed E-state index contributed by atoms with van der Waals surface area (Å²) in [5.41, 5.74) is 2.08. The van der Waals surface area contributed by atoms with Crippen molar-refractivity contribution in [1.29, 1.82) is 0 Å². The normalized spacial score (nSPS) is 11.4. The van der Waals surface area contributed by atoms with Gasteiger partial charge in [0.2, 0.25) is 0 Å². The Hall–Kier alpha value is -1.45. The maximum atomic E-state index is 13.0. The molecule has 2 rings (SSSR count). The predicted octanol–water partition coefficient (Wildman–Crippen LogP) is 4.98. The molecule has 0 amide bonds. The summed E-state index contributed by atoms with van der Waals surface area (Å²) in [6.07, 6.45) is 1.77. The zero-order valence-corrected chi connectivity index (χ0v) is 12.8. The van der Waals surface area contributed by atoms with Gasteiger partial charge in [0.15, 0.2) is 5.78 Å². The number of carbonyl (C=O) groups is 1. The van der Waals surface area contributed by atoms with Crippen molar-refractivity contribution in [2.24, 2.45) is 0 Å². The Balaban J connectivity index is 2.44. The lowest BCUT2D eigenvalue weighted by Crippen LogP contribution is -2.03. The third-order valence-corrected chi connectivity index (χ3v) is 3.52. The number of carbonyl (C=O) groups excluding carboxylic acids is 1. The average molecular weight is 354 g/mol. The van der Waals surface area contributed by atoms with Crippen LogP contribution in [0.5, 0.6) is 0 Å². The van der Waals surface area contributed by atoms with E-state index in [1.54, 1.807) is 30.3 Å². The number of halogens is 3. The van der Waals surface area contributed by atoms with E-state index in [2.05, 4.69) is 15.9 Å². The summed E-state index contributed by atoms with van der Waals surface area (Å²) < 4.78 is 13.0. The lowest BCUT2D eigenvalue weighted by molar-refractivity contribution is -0.111. The van der Waals surface area contributed by atoms with Crippen LogP contribution >= 0.6 is 27.5 Å². The van der Waals surface area contributed by atoms with Crippen molar-refractivity contribution < 1.29 is 9.18 Å². The van der Waals surface area contributed by atoms with Crippen LogP contribution in [0.25, 0.3) is 11.6 Å². The molecule has 0 spiro atoms. The van der Waals surface area contributed by atoms with Crippen LogP contribution in [0.15, 0.2) is 48.5 Å². The summed E-state index contributed by atoms with van der Waals surface area (Å²) in [5, 5.41) is 0.848. The van der Waals surface area contributed by atoms with Crippen molar-refractivity contribution in [2.45, 2.75) is 0 Å². The van der Waals surface area contributed by atoms with Crippen molar-refractivity contribution in [3.05, 3.63) is 70.5 Å². The van der Waals surface area contributed by atoms with E-state index in [1.807, 2.05) is 12.1 Å². The Morgan fingerprint density at radius 1 is 1.10 bits per heavy atom. The first-order valence-electron chi connectivity index (χ1n) is 5.92. The van der Waals surface area contributed by atoms with Gasteiger partial charge in [-0.2, -0.15) is 0 Å². The Morgan fingerprint density at radius 3 is 2.25 bits per heavy atom. The van der Waals surface area contributed by atoms with Crippen LogP contribution in [0.3, 0.4) is 0 Å². The van der Waals surface area contributed by atoms with Crippen molar-refractivity contribution >= 4 is 45.0 Å². The van der Waals surface area contributed by atoms with E-state index in [9.17, 15) is 9.18 Å². The van der Waals surface area contributed by atoms with Gasteiger partial charge in [0.25, 0.3) is 0 Å². The van der Waals surface area contributed by atoms with Crippen LogP contribution in [0.1, 0.15) is 11.1 Å². The maximum Gasteiger partial charge on any atom is 0.173 e. The van der Waals surface area contributed by atoms with Crippen LogP contribution in [-0.4, -0.2) is 11.1 Å². The van der Waals surface area contributed by atoms with Crippen LogP contribution < -0.4 is 0 Å². The molecule has 0 fully saturated rings. The second-order valence-electron chi connectivity index (χ2n) is 4.17. The summed E-state index contributed by atoms with van der Waals surface area (Å²) in [4.78, 5) is 12.0. The number of hydrogen-bond acceptors (Lipinski definition) is 1. The van der Waals surface area contributed by atoms with Crippen LogP contribution in [0.2, 0.25) is 5.02 Å². The lowest BCUT2D eigenvalue weighted by atomic mass is 10.00. The van der Waals surface area contributed by atoms with Crippen LogP contribution in [0, 0.1) is 5.82 Å². The van der Waals surface area contributed by atoms with Gasteiger partial charge >= 0.3 is 0 Å². The molecule has 0 N–H and O–H groups in total. The van der Waals surface area contributed by atoms with E-state index in [4.69, 9.17) is 11.6 Å². The van der Waals surface area contributed by atoms with Crippen molar-refractivity contribution in [3.63, 3.8) is 0 Å². The number of allylic oxidation sites excluding steroid dienone is 1. The van der Waals surface area contributed by atoms with Gasteiger partial charge in [0.05, 0.1) is 5.33 Å². The first kappa shape index (κ1) is 14.9. The fourth-order valence-corrected chi connectivity index (χ4v) is 2.18. The molecule has 4 heteroatoms. The second-order valence-corrected chi connectivity index (χ2v) is 5.17. The topological polar surface area (TPSA) is 17.1 Å². The maximum absolute atomic E-state index is 13.0. The molecule has 2 aromatic rings. The quantitative estimate of drug-likeness (QED) is 0.430. The number of hydrogen-bond donors (Lipinski definition) is 0. The zero-order valence-electron chi connectivity index (χ0n) is 10.4. The standard InChI is InChI=1S/C16H11BrClFO/c17-10-16(20)15(12-3-7-14(19)8-4-12)9-11-1-5-13(18)6-2-11/h1-9H,10H2/b15-9+. The molecule has 20 heavy (non-hydrogen) atoms. The highest BCUT2D eigenvalue weighted by molar-refractivity contribution is 9.09. The second kappa shape index (κ2) is 6.82. The van der Waals surface area contributed by atoms with Gasteiger partial charge in [-0.15, -0.1) is 0 Å². The minimum absolute atomic E-state index is 0.0634. The fourth-order valence-electron chi connectivity index (χ4n) is 1.75. The molecule has 0 aliphatic heterocycles. The molecule has 1 nitrogen and oxygen atoms in total. The summed E-state index contributed by atoms with van der Waals surface area (Å²) in [7, 11) is 0. The Labute approximate surface area is 130 Å². The third kappa shape index (κ3) is 3.78. The van der Waals surface area contributed by atoms with E-state index in [1.165, 1.54) is 12.1 Å². The van der Waals surface area contributed by atoms with Crippen LogP contribution in [0.4, 0.5) is 4.39 Å². The minimum Gasteiger partial charge on any atom is -0.293 e. The molecule has 0 bridgehead atoms. The molecule has 0 aliphatic rings. The number of benzene rings is 2. The first-order valence-corrected chi connectivity index (χ1v) is 7.42. The van der Waals surface area contributed by atoms with Gasteiger partial charge in [-0.3, -0.25) is 4.79 Å². The molecule has 0 aromatic heterocycles. The Bertz CT molecular complexity index is 633. The van der Waals surface area contributed by atoms with E-state index < -0.39 is 0 Å².